The number of halogens is 1. The predicted octanol–water partition coefficient (Wildman–Crippen LogP) is 1.32. The van der Waals surface area contributed by atoms with Gasteiger partial charge in [0, 0.05) is 11.3 Å². The number of aliphatic imine (C=N–C) groups is 1. The van der Waals surface area contributed by atoms with E-state index < -0.39 is 23.7 Å². The molecule has 1 heterocycles. The second kappa shape index (κ2) is 4.81. The van der Waals surface area contributed by atoms with Gasteiger partial charge >= 0.3 is 0 Å². The van der Waals surface area contributed by atoms with Gasteiger partial charge in [0.25, 0.3) is 0 Å². The fourth-order valence-electron chi connectivity index (χ4n) is 2.07. The van der Waals surface area contributed by atoms with Gasteiger partial charge in [0.15, 0.2) is 5.11 Å². The van der Waals surface area contributed by atoms with Gasteiger partial charge in [-0.25, -0.2) is 9.38 Å². The van der Waals surface area contributed by atoms with Gasteiger partial charge in [0.2, 0.25) is 5.91 Å². The summed E-state index contributed by atoms with van der Waals surface area (Å²) in [4.78, 5) is 15.5. The summed E-state index contributed by atoms with van der Waals surface area (Å²) in [5.74, 6) is -1.66. The number of carbonyl (C=O) groups excluding carboxylic acids is 1. The molecule has 1 aromatic rings. The first-order chi connectivity index (χ1) is 8.50. The monoisotopic (exact) mass is 265 g/mol. The lowest BCUT2D eigenvalue weighted by Gasteiger charge is -2.30. The molecule has 4 nitrogen and oxygen atoms in total. The van der Waals surface area contributed by atoms with Gasteiger partial charge in [-0.2, -0.15) is 0 Å². The Morgan fingerprint density at radius 3 is 2.78 bits per heavy atom. The van der Waals surface area contributed by atoms with Crippen molar-refractivity contribution in [3.63, 3.8) is 0 Å². The van der Waals surface area contributed by atoms with Crippen molar-refractivity contribution in [2.75, 3.05) is 0 Å². The van der Waals surface area contributed by atoms with E-state index in [9.17, 15) is 9.18 Å². The summed E-state index contributed by atoms with van der Waals surface area (Å²) in [6.45, 7) is 1.66. The Hall–Kier alpha value is -1.82. The minimum Gasteiger partial charge on any atom is -0.369 e. The van der Waals surface area contributed by atoms with Crippen LogP contribution in [-0.2, 0) is 4.79 Å². The van der Waals surface area contributed by atoms with E-state index in [0.717, 1.165) is 0 Å². The highest BCUT2D eigenvalue weighted by Gasteiger charge is 2.35. The highest BCUT2D eigenvalue weighted by molar-refractivity contribution is 7.80. The molecule has 2 atom stereocenters. The van der Waals surface area contributed by atoms with Crippen LogP contribution in [0.2, 0.25) is 0 Å². The molecule has 2 rings (SSSR count). The Labute approximate surface area is 109 Å². The van der Waals surface area contributed by atoms with Gasteiger partial charge in [-0.05, 0) is 25.2 Å². The summed E-state index contributed by atoms with van der Waals surface area (Å²) in [6.07, 6.45) is 0. The highest BCUT2D eigenvalue weighted by Crippen LogP contribution is 2.28. The number of benzene rings is 1. The van der Waals surface area contributed by atoms with Crippen molar-refractivity contribution in [1.82, 2.24) is 5.32 Å². The number of hydrogen-bond donors (Lipinski definition) is 2. The van der Waals surface area contributed by atoms with Crippen LogP contribution in [0.25, 0.3) is 0 Å². The molecule has 0 aromatic heterocycles. The van der Waals surface area contributed by atoms with E-state index in [1.54, 1.807) is 25.1 Å². The summed E-state index contributed by atoms with van der Waals surface area (Å²) < 4.78 is 13.8. The Morgan fingerprint density at radius 2 is 2.17 bits per heavy atom. The second-order valence-electron chi connectivity index (χ2n) is 4.08. The maximum Gasteiger partial charge on any atom is 0.228 e. The zero-order valence-electron chi connectivity index (χ0n) is 9.68. The molecule has 3 N–H and O–H groups in total. The van der Waals surface area contributed by atoms with E-state index in [1.807, 2.05) is 0 Å². The van der Waals surface area contributed by atoms with Crippen molar-refractivity contribution in [3.8, 4) is 0 Å². The van der Waals surface area contributed by atoms with Crippen molar-refractivity contribution in [2.45, 2.75) is 13.0 Å². The van der Waals surface area contributed by atoms with E-state index in [1.165, 1.54) is 6.07 Å². The molecule has 18 heavy (non-hydrogen) atoms. The standard InChI is InChI=1S/C12H12FN3OS/c1-6-9(11(14)17)10(16-12(18)15-6)7-4-2-3-5-8(7)13/h2-5,9-10H,1H3,(H2,14,17)(H,16,18). The van der Waals surface area contributed by atoms with Gasteiger partial charge in [-0.3, -0.25) is 4.79 Å². The molecule has 0 bridgehead atoms. The Kier molecular flexibility index (Phi) is 3.38. The van der Waals surface area contributed by atoms with Crippen LogP contribution in [0.1, 0.15) is 18.5 Å². The SMILES string of the molecule is CC1=NC(=S)NC(c2ccccc2F)C1C(N)=O. The molecule has 6 heteroatoms. The third kappa shape index (κ3) is 2.24. The lowest BCUT2D eigenvalue weighted by atomic mass is 9.87. The molecular weight excluding hydrogens is 253 g/mol. The Balaban J connectivity index is 2.48. The zero-order chi connectivity index (χ0) is 13.3. The number of amides is 1. The second-order valence-corrected chi connectivity index (χ2v) is 4.47. The number of nitrogens with one attached hydrogen (secondary N) is 1. The van der Waals surface area contributed by atoms with Crippen molar-refractivity contribution in [1.29, 1.82) is 0 Å². The first-order valence-corrected chi connectivity index (χ1v) is 5.81. The molecule has 1 aliphatic rings. The topological polar surface area (TPSA) is 67.5 Å². The fraction of sp³-hybridized carbons (Fsp3) is 0.250. The molecule has 2 unspecified atom stereocenters. The molecule has 1 aromatic carbocycles. The first kappa shape index (κ1) is 12.6. The largest absolute Gasteiger partial charge is 0.369 e. The maximum atomic E-state index is 13.8. The Morgan fingerprint density at radius 1 is 1.50 bits per heavy atom. The van der Waals surface area contributed by atoms with Gasteiger partial charge in [-0.1, -0.05) is 18.2 Å². The molecule has 0 fully saturated rings. The third-order valence-corrected chi connectivity index (χ3v) is 3.10. The first-order valence-electron chi connectivity index (χ1n) is 5.40. The summed E-state index contributed by atoms with van der Waals surface area (Å²) in [5.41, 5.74) is 6.21. The van der Waals surface area contributed by atoms with Crippen LogP contribution in [0, 0.1) is 11.7 Å². The fourth-order valence-corrected chi connectivity index (χ4v) is 2.35. The molecule has 0 aliphatic carbocycles. The lowest BCUT2D eigenvalue weighted by Crippen LogP contribution is -2.46. The van der Waals surface area contributed by atoms with Crippen LogP contribution in [0.5, 0.6) is 0 Å². The molecule has 0 radical (unpaired) electrons. The van der Waals surface area contributed by atoms with Crippen molar-refractivity contribution in [3.05, 3.63) is 35.6 Å². The Bertz CT molecular complexity index is 544. The normalized spacial score (nSPS) is 23.2. The summed E-state index contributed by atoms with van der Waals surface area (Å²) in [6, 6.07) is 5.61. The van der Waals surface area contributed by atoms with Crippen LogP contribution in [0.4, 0.5) is 4.39 Å². The summed E-state index contributed by atoms with van der Waals surface area (Å²) in [7, 11) is 0. The van der Waals surface area contributed by atoms with Gasteiger partial charge in [-0.15, -0.1) is 0 Å². The lowest BCUT2D eigenvalue weighted by molar-refractivity contribution is -0.120. The molecule has 1 aliphatic heterocycles. The van der Waals surface area contributed by atoms with Crippen molar-refractivity contribution >= 4 is 28.9 Å². The average molecular weight is 265 g/mol. The maximum absolute atomic E-state index is 13.8. The van der Waals surface area contributed by atoms with Crippen molar-refractivity contribution in [2.24, 2.45) is 16.6 Å². The number of hydrogen-bond acceptors (Lipinski definition) is 2. The summed E-state index contributed by atoms with van der Waals surface area (Å²) in [5, 5.41) is 3.07. The molecule has 0 spiro atoms. The van der Waals surface area contributed by atoms with E-state index >= 15 is 0 Å². The third-order valence-electron chi connectivity index (χ3n) is 2.89. The van der Waals surface area contributed by atoms with Gasteiger partial charge in [0.05, 0.1) is 6.04 Å². The molecule has 1 amide bonds. The minimum absolute atomic E-state index is 0.234. The van der Waals surface area contributed by atoms with Crippen LogP contribution < -0.4 is 11.1 Å². The molecule has 94 valence electrons. The van der Waals surface area contributed by atoms with Crippen LogP contribution in [0.3, 0.4) is 0 Å². The highest BCUT2D eigenvalue weighted by atomic mass is 32.1. The number of nitrogens with zero attached hydrogens (tertiary/aromatic N) is 1. The number of thiocarbonyl (C=S) groups is 1. The summed E-state index contributed by atoms with van der Waals surface area (Å²) >= 11 is 4.97. The molecular formula is C12H12FN3OS. The van der Waals surface area contributed by atoms with E-state index in [4.69, 9.17) is 18.0 Å². The number of carbonyl (C=O) groups is 1. The number of rotatable bonds is 2. The van der Waals surface area contributed by atoms with E-state index in [2.05, 4.69) is 10.3 Å². The minimum atomic E-state index is -0.700. The van der Waals surface area contributed by atoms with Crippen molar-refractivity contribution < 1.29 is 9.18 Å². The number of nitrogens with two attached hydrogens (primary N) is 1. The van der Waals surface area contributed by atoms with E-state index in [-0.39, 0.29) is 5.11 Å². The molecule has 0 saturated heterocycles. The van der Waals surface area contributed by atoms with Gasteiger partial charge in [0.1, 0.15) is 11.7 Å². The van der Waals surface area contributed by atoms with Gasteiger partial charge < -0.3 is 11.1 Å². The average Bonchev–Trinajstić information content (AvgIpc) is 2.27. The van der Waals surface area contributed by atoms with E-state index in [0.29, 0.717) is 11.3 Å². The van der Waals surface area contributed by atoms with Crippen LogP contribution >= 0.6 is 12.2 Å². The number of primary amides is 1. The van der Waals surface area contributed by atoms with Crippen LogP contribution in [0.15, 0.2) is 29.3 Å². The van der Waals surface area contributed by atoms with Crippen LogP contribution in [-0.4, -0.2) is 16.7 Å². The zero-order valence-corrected chi connectivity index (χ0v) is 10.5. The quantitative estimate of drug-likeness (QED) is 0.792. The smallest absolute Gasteiger partial charge is 0.228 e. The molecule has 0 saturated carbocycles. The predicted molar refractivity (Wildman–Crippen MR) is 70.7 cm³/mol.